The maximum atomic E-state index is 12.6. The molecule has 0 spiro atoms. The molecule has 1 aliphatic heterocycles. The Kier molecular flexibility index (Phi) is 6.44. The molecule has 2 aromatic carbocycles. The van der Waals surface area contributed by atoms with Gasteiger partial charge >= 0.3 is 6.03 Å². The van der Waals surface area contributed by atoms with Crippen LogP contribution in [0.25, 0.3) is 0 Å². The normalized spacial score (nSPS) is 13.8. The first-order chi connectivity index (χ1) is 14.7. The number of urea groups is 1. The predicted molar refractivity (Wildman–Crippen MR) is 113 cm³/mol. The maximum absolute atomic E-state index is 12.6. The van der Waals surface area contributed by atoms with Crippen LogP contribution >= 0.6 is 0 Å². The highest BCUT2D eigenvalue weighted by Crippen LogP contribution is 2.23. The summed E-state index contributed by atoms with van der Waals surface area (Å²) < 4.78 is 30.9. The molecule has 1 fully saturated rings. The van der Waals surface area contributed by atoms with Gasteiger partial charge in [0.05, 0.1) is 12.0 Å². The van der Waals surface area contributed by atoms with E-state index in [1.165, 1.54) is 29.2 Å². The van der Waals surface area contributed by atoms with Crippen molar-refractivity contribution in [1.29, 1.82) is 0 Å². The fourth-order valence-electron chi connectivity index (χ4n) is 3.07. The molecule has 1 saturated heterocycles. The van der Waals surface area contributed by atoms with Crippen molar-refractivity contribution in [2.45, 2.75) is 11.8 Å². The van der Waals surface area contributed by atoms with Crippen LogP contribution in [-0.2, 0) is 19.6 Å². The summed E-state index contributed by atoms with van der Waals surface area (Å²) in [4.78, 5) is 38.9. The van der Waals surface area contributed by atoms with E-state index < -0.39 is 21.8 Å². The largest absolute Gasteiger partial charge is 0.497 e. The zero-order valence-corrected chi connectivity index (χ0v) is 17.8. The Balaban J connectivity index is 1.58. The van der Waals surface area contributed by atoms with E-state index in [0.29, 0.717) is 30.2 Å². The Morgan fingerprint density at radius 2 is 1.68 bits per heavy atom. The summed E-state index contributed by atoms with van der Waals surface area (Å²) in [5, 5.41) is 2.63. The van der Waals surface area contributed by atoms with Gasteiger partial charge in [0.1, 0.15) is 12.3 Å². The first-order valence-electron chi connectivity index (χ1n) is 9.33. The molecule has 10 nitrogen and oxygen atoms in total. The number of rotatable bonds is 7. The summed E-state index contributed by atoms with van der Waals surface area (Å²) >= 11 is 0. The number of nitrogens with zero attached hydrogens (tertiary/aromatic N) is 2. The molecule has 3 rings (SSSR count). The van der Waals surface area contributed by atoms with E-state index in [-0.39, 0.29) is 17.5 Å². The number of benzene rings is 2. The Morgan fingerprint density at radius 1 is 1.03 bits per heavy atom. The summed E-state index contributed by atoms with van der Waals surface area (Å²) in [5.74, 6) is -0.429. The molecule has 164 valence electrons. The summed E-state index contributed by atoms with van der Waals surface area (Å²) in [6.07, 6.45) is 0. The molecule has 31 heavy (non-hydrogen) atoms. The molecule has 0 aliphatic carbocycles. The van der Waals surface area contributed by atoms with Crippen molar-refractivity contribution >= 4 is 39.2 Å². The van der Waals surface area contributed by atoms with E-state index >= 15 is 0 Å². The van der Waals surface area contributed by atoms with Gasteiger partial charge in [0.25, 0.3) is 10.0 Å². The SMILES string of the molecule is COc1ccc(N2CCN(CC(=O)Nc3ccc(S(=O)(=O)NC(C)=O)cc3)C2=O)cc1. The number of hydrogen-bond acceptors (Lipinski definition) is 6. The number of methoxy groups -OCH3 is 1. The molecule has 1 aliphatic rings. The van der Waals surface area contributed by atoms with Crippen LogP contribution in [0, 0.1) is 0 Å². The molecule has 4 amide bonds. The lowest BCUT2D eigenvalue weighted by atomic mass is 10.3. The fraction of sp³-hybridized carbons (Fsp3) is 0.250. The van der Waals surface area contributed by atoms with Gasteiger partial charge in [0, 0.05) is 31.4 Å². The molecule has 0 bridgehead atoms. The lowest BCUT2D eigenvalue weighted by Gasteiger charge is -2.18. The number of hydrogen-bond donors (Lipinski definition) is 2. The first-order valence-corrected chi connectivity index (χ1v) is 10.8. The van der Waals surface area contributed by atoms with E-state index in [1.54, 1.807) is 36.3 Å². The van der Waals surface area contributed by atoms with Crippen LogP contribution in [0.4, 0.5) is 16.2 Å². The van der Waals surface area contributed by atoms with Gasteiger partial charge in [-0.1, -0.05) is 0 Å². The molecule has 0 unspecified atom stereocenters. The summed E-state index contributed by atoms with van der Waals surface area (Å²) in [6.45, 7) is 1.80. The molecule has 1 heterocycles. The molecule has 0 radical (unpaired) electrons. The lowest BCUT2D eigenvalue weighted by molar-refractivity contribution is -0.117. The molecule has 0 aromatic heterocycles. The van der Waals surface area contributed by atoms with E-state index in [9.17, 15) is 22.8 Å². The third-order valence-electron chi connectivity index (χ3n) is 4.54. The summed E-state index contributed by atoms with van der Waals surface area (Å²) in [6, 6.07) is 12.1. The van der Waals surface area contributed by atoms with Crippen molar-refractivity contribution in [3.05, 3.63) is 48.5 Å². The highest BCUT2D eigenvalue weighted by molar-refractivity contribution is 7.90. The maximum Gasteiger partial charge on any atom is 0.325 e. The van der Waals surface area contributed by atoms with E-state index in [1.807, 2.05) is 4.72 Å². The molecule has 2 N–H and O–H groups in total. The Hall–Kier alpha value is -3.60. The molecule has 0 atom stereocenters. The highest BCUT2D eigenvalue weighted by atomic mass is 32.2. The Morgan fingerprint density at radius 3 is 2.26 bits per heavy atom. The second-order valence-electron chi connectivity index (χ2n) is 6.79. The summed E-state index contributed by atoms with van der Waals surface area (Å²) in [7, 11) is -2.38. The van der Waals surface area contributed by atoms with E-state index in [0.717, 1.165) is 6.92 Å². The zero-order chi connectivity index (χ0) is 22.6. The van der Waals surface area contributed by atoms with Crippen molar-refractivity contribution in [3.63, 3.8) is 0 Å². The van der Waals surface area contributed by atoms with Gasteiger partial charge in [-0.2, -0.15) is 0 Å². The highest BCUT2D eigenvalue weighted by Gasteiger charge is 2.30. The van der Waals surface area contributed by atoms with Gasteiger partial charge < -0.3 is 15.0 Å². The monoisotopic (exact) mass is 446 g/mol. The van der Waals surface area contributed by atoms with Crippen LogP contribution in [0.5, 0.6) is 5.75 Å². The van der Waals surface area contributed by atoms with E-state index in [2.05, 4.69) is 5.32 Å². The van der Waals surface area contributed by atoms with Crippen LogP contribution in [0.15, 0.2) is 53.4 Å². The van der Waals surface area contributed by atoms with Crippen molar-refractivity contribution in [2.75, 3.05) is 37.0 Å². The van der Waals surface area contributed by atoms with Crippen LogP contribution in [0.1, 0.15) is 6.92 Å². The smallest absolute Gasteiger partial charge is 0.325 e. The van der Waals surface area contributed by atoms with Gasteiger partial charge in [0.15, 0.2) is 0 Å². The third kappa shape index (κ3) is 5.31. The topological polar surface area (TPSA) is 125 Å². The second-order valence-corrected chi connectivity index (χ2v) is 8.47. The zero-order valence-electron chi connectivity index (χ0n) is 17.0. The number of amides is 4. The van der Waals surface area contributed by atoms with Gasteiger partial charge in [-0.15, -0.1) is 0 Å². The van der Waals surface area contributed by atoms with Crippen LogP contribution in [-0.4, -0.2) is 57.9 Å². The standard InChI is InChI=1S/C20H22N4O6S/c1-14(25)22-31(28,29)18-9-3-15(4-10-18)21-19(26)13-23-11-12-24(20(23)27)16-5-7-17(30-2)8-6-16/h3-10H,11-13H2,1-2H3,(H,21,26)(H,22,25). The van der Waals surface area contributed by atoms with Crippen molar-refractivity contribution in [2.24, 2.45) is 0 Å². The number of nitrogens with one attached hydrogen (secondary N) is 2. The predicted octanol–water partition coefficient (Wildman–Crippen LogP) is 1.40. The van der Waals surface area contributed by atoms with Crippen LogP contribution in [0.3, 0.4) is 0 Å². The molecule has 2 aromatic rings. The Bertz CT molecular complexity index is 1080. The number of sulfonamides is 1. The van der Waals surface area contributed by atoms with Gasteiger partial charge in [-0.25, -0.2) is 17.9 Å². The first kappa shape index (κ1) is 22.1. The molecular weight excluding hydrogens is 424 g/mol. The second kappa shape index (κ2) is 9.04. The van der Waals surface area contributed by atoms with Crippen molar-refractivity contribution in [3.8, 4) is 5.75 Å². The molecule has 11 heteroatoms. The average molecular weight is 446 g/mol. The lowest BCUT2D eigenvalue weighted by Crippen LogP contribution is -2.37. The third-order valence-corrected chi connectivity index (χ3v) is 5.99. The van der Waals surface area contributed by atoms with Crippen molar-refractivity contribution in [1.82, 2.24) is 9.62 Å². The average Bonchev–Trinajstić information content (AvgIpc) is 3.07. The quantitative estimate of drug-likeness (QED) is 0.662. The molecule has 0 saturated carbocycles. The number of ether oxygens (including phenoxy) is 1. The van der Waals surface area contributed by atoms with Gasteiger partial charge in [-0.3, -0.25) is 14.5 Å². The van der Waals surface area contributed by atoms with E-state index in [4.69, 9.17) is 4.74 Å². The van der Waals surface area contributed by atoms with Crippen LogP contribution in [0.2, 0.25) is 0 Å². The molecular formula is C20H22N4O6S. The minimum atomic E-state index is -3.95. The van der Waals surface area contributed by atoms with Crippen molar-refractivity contribution < 1.29 is 27.5 Å². The van der Waals surface area contributed by atoms with Gasteiger partial charge in [0.2, 0.25) is 11.8 Å². The van der Waals surface area contributed by atoms with Gasteiger partial charge in [-0.05, 0) is 48.5 Å². The van der Waals surface area contributed by atoms with Crippen LogP contribution < -0.4 is 19.7 Å². The minimum Gasteiger partial charge on any atom is -0.497 e. The Labute approximate surface area is 179 Å². The number of carbonyl (C=O) groups excluding carboxylic acids is 3. The summed E-state index contributed by atoms with van der Waals surface area (Å²) in [5.41, 5.74) is 1.08. The fourth-order valence-corrected chi connectivity index (χ4v) is 4.06. The minimum absolute atomic E-state index is 0.106. The number of carbonyl (C=O) groups is 3. The number of anilines is 2.